The maximum absolute atomic E-state index is 12.2. The van der Waals surface area contributed by atoms with E-state index in [1.807, 2.05) is 36.4 Å². The number of aromatic nitrogens is 2. The molecule has 3 N–H and O–H groups in total. The van der Waals surface area contributed by atoms with Gasteiger partial charge in [0.25, 0.3) is 0 Å². The van der Waals surface area contributed by atoms with Crippen molar-refractivity contribution in [3.05, 3.63) is 83.4 Å². The second-order valence-corrected chi connectivity index (χ2v) is 7.28. The average Bonchev–Trinajstić information content (AvgIpc) is 3.10. The van der Waals surface area contributed by atoms with Gasteiger partial charge < -0.3 is 20.3 Å². The van der Waals surface area contributed by atoms with Crippen LogP contribution in [0.15, 0.2) is 60.9 Å². The van der Waals surface area contributed by atoms with Gasteiger partial charge in [-0.05, 0) is 29.2 Å². The normalized spacial score (nSPS) is 14.5. The smallest absolute Gasteiger partial charge is 0.407 e. The van der Waals surface area contributed by atoms with Gasteiger partial charge in [0.1, 0.15) is 24.6 Å². The van der Waals surface area contributed by atoms with E-state index < -0.39 is 18.3 Å². The summed E-state index contributed by atoms with van der Waals surface area (Å²) in [5.41, 5.74) is 4.94. The molecule has 1 aromatic heterocycles. The Morgan fingerprint density at radius 1 is 1.03 bits per heavy atom. The molecule has 2 atom stereocenters. The average molecular weight is 405 g/mol. The van der Waals surface area contributed by atoms with Crippen molar-refractivity contribution in [1.29, 1.82) is 0 Å². The molecule has 1 aliphatic rings. The van der Waals surface area contributed by atoms with Gasteiger partial charge in [-0.3, -0.25) is 0 Å². The van der Waals surface area contributed by atoms with Crippen LogP contribution in [0.5, 0.6) is 0 Å². The van der Waals surface area contributed by atoms with E-state index in [0.29, 0.717) is 11.4 Å². The van der Waals surface area contributed by atoms with Crippen LogP contribution in [0.2, 0.25) is 0 Å². The quantitative estimate of drug-likeness (QED) is 0.583. The maximum Gasteiger partial charge on any atom is 0.407 e. The van der Waals surface area contributed by atoms with Crippen LogP contribution < -0.4 is 5.32 Å². The van der Waals surface area contributed by atoms with Gasteiger partial charge in [0.05, 0.1) is 0 Å². The summed E-state index contributed by atoms with van der Waals surface area (Å²) in [6.07, 6.45) is -0.174. The van der Waals surface area contributed by atoms with Crippen molar-refractivity contribution in [3.63, 3.8) is 0 Å². The molecule has 0 bridgehead atoms. The summed E-state index contributed by atoms with van der Waals surface area (Å²) in [5.74, 6) is 0.528. The molecule has 2 unspecified atom stereocenters. The molecule has 1 heterocycles. The lowest BCUT2D eigenvalue weighted by molar-refractivity contribution is 0.0181. The maximum atomic E-state index is 12.2. The summed E-state index contributed by atoms with van der Waals surface area (Å²) in [6.45, 7) is 1.75. The van der Waals surface area contributed by atoms with Crippen LogP contribution in [-0.4, -0.2) is 45.5 Å². The number of hydrogen-bond acceptors (Lipinski definition) is 6. The standard InChI is InChI=1S/C23H23N3O4/c1-14-24-10-15(11-25-14)22(28)21(27)12-26-23(29)30-13-20-18-8-4-2-6-16(18)17-7-3-5-9-19(17)20/h2-11,20-22,27-28H,12-13H2,1H3,(H,26,29). The summed E-state index contributed by atoms with van der Waals surface area (Å²) >= 11 is 0. The third-order valence-corrected chi connectivity index (χ3v) is 5.31. The number of hydrogen-bond donors (Lipinski definition) is 3. The predicted molar refractivity (Wildman–Crippen MR) is 111 cm³/mol. The number of benzene rings is 2. The van der Waals surface area contributed by atoms with Crippen molar-refractivity contribution in [2.75, 3.05) is 13.2 Å². The molecule has 4 rings (SSSR count). The molecular weight excluding hydrogens is 382 g/mol. The molecule has 0 saturated carbocycles. The second-order valence-electron chi connectivity index (χ2n) is 7.28. The Bertz CT molecular complexity index is 993. The van der Waals surface area contributed by atoms with Crippen molar-refractivity contribution < 1.29 is 19.7 Å². The molecule has 0 saturated heterocycles. The lowest BCUT2D eigenvalue weighted by Crippen LogP contribution is -2.36. The Morgan fingerprint density at radius 2 is 1.60 bits per heavy atom. The Balaban J connectivity index is 1.33. The van der Waals surface area contributed by atoms with Gasteiger partial charge in [-0.1, -0.05) is 48.5 Å². The topological polar surface area (TPSA) is 105 Å². The number of nitrogens with one attached hydrogen (secondary N) is 1. The van der Waals surface area contributed by atoms with E-state index in [-0.39, 0.29) is 19.1 Å². The van der Waals surface area contributed by atoms with Crippen LogP contribution in [0.1, 0.15) is 34.5 Å². The van der Waals surface area contributed by atoms with Crippen molar-refractivity contribution in [3.8, 4) is 11.1 Å². The zero-order valence-electron chi connectivity index (χ0n) is 16.5. The Morgan fingerprint density at radius 3 is 2.20 bits per heavy atom. The number of fused-ring (bicyclic) bond motifs is 3. The van der Waals surface area contributed by atoms with Crippen LogP contribution in [0.25, 0.3) is 11.1 Å². The van der Waals surface area contributed by atoms with Crippen LogP contribution >= 0.6 is 0 Å². The van der Waals surface area contributed by atoms with Crippen LogP contribution in [0.3, 0.4) is 0 Å². The largest absolute Gasteiger partial charge is 0.449 e. The van der Waals surface area contributed by atoms with Crippen molar-refractivity contribution in [2.45, 2.75) is 25.0 Å². The first-order valence-electron chi connectivity index (χ1n) is 9.78. The number of nitrogens with zero attached hydrogens (tertiary/aromatic N) is 2. The third kappa shape index (κ3) is 4.03. The monoisotopic (exact) mass is 405 g/mol. The summed E-state index contributed by atoms with van der Waals surface area (Å²) < 4.78 is 5.42. The van der Waals surface area contributed by atoms with E-state index >= 15 is 0 Å². The molecule has 3 aromatic rings. The lowest BCUT2D eigenvalue weighted by atomic mass is 9.98. The highest BCUT2D eigenvalue weighted by atomic mass is 16.5. The molecule has 7 nitrogen and oxygen atoms in total. The van der Waals surface area contributed by atoms with Crippen LogP contribution in [-0.2, 0) is 4.74 Å². The number of aliphatic hydroxyl groups excluding tert-OH is 2. The number of aryl methyl sites for hydroxylation is 1. The number of amides is 1. The molecule has 0 radical (unpaired) electrons. The summed E-state index contributed by atoms with van der Waals surface area (Å²) in [4.78, 5) is 20.2. The Hall–Kier alpha value is -3.29. The number of aliphatic hydroxyl groups is 2. The van der Waals surface area contributed by atoms with E-state index in [2.05, 4.69) is 27.4 Å². The van der Waals surface area contributed by atoms with Gasteiger partial charge in [-0.25, -0.2) is 14.8 Å². The van der Waals surface area contributed by atoms with E-state index in [1.165, 1.54) is 12.4 Å². The fourth-order valence-corrected chi connectivity index (χ4v) is 3.73. The first kappa shape index (κ1) is 20.0. The fraction of sp³-hybridized carbons (Fsp3) is 0.261. The van der Waals surface area contributed by atoms with Crippen molar-refractivity contribution in [2.24, 2.45) is 0 Å². The first-order chi connectivity index (χ1) is 14.5. The van der Waals surface area contributed by atoms with Crippen LogP contribution in [0.4, 0.5) is 4.79 Å². The minimum absolute atomic E-state index is 0.0385. The van der Waals surface area contributed by atoms with Gasteiger partial charge in [0, 0.05) is 30.4 Å². The number of rotatable bonds is 6. The molecule has 1 aliphatic carbocycles. The van der Waals surface area contributed by atoms with E-state index in [1.54, 1.807) is 6.92 Å². The fourth-order valence-electron chi connectivity index (χ4n) is 3.73. The first-order valence-corrected chi connectivity index (χ1v) is 9.78. The minimum Gasteiger partial charge on any atom is -0.449 e. The Kier molecular flexibility index (Phi) is 5.74. The second kappa shape index (κ2) is 8.61. The summed E-state index contributed by atoms with van der Waals surface area (Å²) in [7, 11) is 0. The van der Waals surface area contributed by atoms with Crippen molar-refractivity contribution >= 4 is 6.09 Å². The highest BCUT2D eigenvalue weighted by Gasteiger charge is 2.29. The number of carbonyl (C=O) groups is 1. The predicted octanol–water partition coefficient (Wildman–Crippen LogP) is 2.72. The Labute approximate surface area is 174 Å². The van der Waals surface area contributed by atoms with Gasteiger partial charge in [0.15, 0.2) is 0 Å². The third-order valence-electron chi connectivity index (χ3n) is 5.31. The van der Waals surface area contributed by atoms with E-state index in [9.17, 15) is 15.0 Å². The van der Waals surface area contributed by atoms with E-state index in [0.717, 1.165) is 22.3 Å². The molecule has 0 aliphatic heterocycles. The molecule has 30 heavy (non-hydrogen) atoms. The summed E-state index contributed by atoms with van der Waals surface area (Å²) in [5, 5.41) is 22.8. The molecule has 154 valence electrons. The molecule has 0 fully saturated rings. The number of carbonyl (C=O) groups excluding carboxylic acids is 1. The van der Waals surface area contributed by atoms with E-state index in [4.69, 9.17) is 4.74 Å². The van der Waals surface area contributed by atoms with Gasteiger partial charge in [0.2, 0.25) is 0 Å². The number of ether oxygens (including phenoxy) is 1. The van der Waals surface area contributed by atoms with Crippen LogP contribution in [0, 0.1) is 6.92 Å². The number of alkyl carbamates (subject to hydrolysis) is 1. The molecule has 1 amide bonds. The SMILES string of the molecule is Cc1ncc(C(O)C(O)CNC(=O)OCC2c3ccccc3-c3ccccc32)cn1. The molecule has 0 spiro atoms. The lowest BCUT2D eigenvalue weighted by Gasteiger charge is -2.19. The highest BCUT2D eigenvalue weighted by molar-refractivity contribution is 5.79. The van der Waals surface area contributed by atoms with Crippen molar-refractivity contribution in [1.82, 2.24) is 15.3 Å². The molecular formula is C23H23N3O4. The molecule has 2 aromatic carbocycles. The summed E-state index contributed by atoms with van der Waals surface area (Å²) in [6, 6.07) is 16.2. The zero-order chi connectivity index (χ0) is 21.1. The van der Waals surface area contributed by atoms with Gasteiger partial charge in [-0.2, -0.15) is 0 Å². The highest BCUT2D eigenvalue weighted by Crippen LogP contribution is 2.44. The minimum atomic E-state index is -1.21. The van der Waals surface area contributed by atoms with Gasteiger partial charge in [-0.15, -0.1) is 0 Å². The molecule has 7 heteroatoms. The van der Waals surface area contributed by atoms with Gasteiger partial charge >= 0.3 is 6.09 Å². The zero-order valence-corrected chi connectivity index (χ0v) is 16.5.